The number of rotatable bonds is 1. The van der Waals surface area contributed by atoms with Gasteiger partial charge in [-0.2, -0.15) is 0 Å². The van der Waals surface area contributed by atoms with Crippen molar-refractivity contribution < 1.29 is 9.53 Å². The van der Waals surface area contributed by atoms with Crippen LogP contribution in [0.1, 0.15) is 12.0 Å². The summed E-state index contributed by atoms with van der Waals surface area (Å²) >= 11 is 0. The first-order valence-electron chi connectivity index (χ1n) is 4.99. The van der Waals surface area contributed by atoms with Gasteiger partial charge in [-0.25, -0.2) is 4.79 Å². The minimum Gasteiger partial charge on any atom is -0.449 e. The van der Waals surface area contributed by atoms with Gasteiger partial charge in [-0.1, -0.05) is 6.07 Å². The molecule has 1 heterocycles. The molecule has 1 aromatic carbocycles. The minimum atomic E-state index is -0.282. The topological polar surface area (TPSA) is 55.6 Å². The van der Waals surface area contributed by atoms with Crippen LogP contribution in [0.15, 0.2) is 18.2 Å². The fourth-order valence-corrected chi connectivity index (χ4v) is 1.70. The molecule has 1 aliphatic heterocycles. The number of anilines is 2. The van der Waals surface area contributed by atoms with Crippen LogP contribution in [0.2, 0.25) is 0 Å². The Balaban J connectivity index is 2.35. The van der Waals surface area contributed by atoms with Gasteiger partial charge in [0.1, 0.15) is 0 Å². The van der Waals surface area contributed by atoms with E-state index < -0.39 is 0 Å². The first kappa shape index (κ1) is 9.83. The molecule has 1 fully saturated rings. The van der Waals surface area contributed by atoms with Crippen molar-refractivity contribution in [2.75, 3.05) is 23.8 Å². The molecule has 80 valence electrons. The average molecular weight is 206 g/mol. The molecule has 2 N–H and O–H groups in total. The SMILES string of the molecule is Cc1c(N)cccc1N1CCCOC1=O. The quantitative estimate of drug-likeness (QED) is 0.714. The summed E-state index contributed by atoms with van der Waals surface area (Å²) in [7, 11) is 0. The summed E-state index contributed by atoms with van der Waals surface area (Å²) in [6.45, 7) is 3.12. The van der Waals surface area contributed by atoms with E-state index in [0.717, 1.165) is 17.7 Å². The number of hydrogen-bond acceptors (Lipinski definition) is 3. The Labute approximate surface area is 88.6 Å². The average Bonchev–Trinajstić information content (AvgIpc) is 2.23. The van der Waals surface area contributed by atoms with E-state index in [-0.39, 0.29) is 6.09 Å². The molecule has 15 heavy (non-hydrogen) atoms. The van der Waals surface area contributed by atoms with Crippen LogP contribution >= 0.6 is 0 Å². The summed E-state index contributed by atoms with van der Waals surface area (Å²) in [5, 5.41) is 0. The summed E-state index contributed by atoms with van der Waals surface area (Å²) in [5.41, 5.74) is 8.27. The highest BCUT2D eigenvalue weighted by Gasteiger charge is 2.22. The lowest BCUT2D eigenvalue weighted by Crippen LogP contribution is -2.38. The van der Waals surface area contributed by atoms with E-state index in [2.05, 4.69) is 0 Å². The first-order chi connectivity index (χ1) is 7.20. The van der Waals surface area contributed by atoms with Crippen LogP contribution in [0.3, 0.4) is 0 Å². The van der Waals surface area contributed by atoms with E-state index in [1.54, 1.807) is 4.90 Å². The molecule has 4 heteroatoms. The number of cyclic esters (lactones) is 1. The van der Waals surface area contributed by atoms with Crippen LogP contribution < -0.4 is 10.6 Å². The molecule has 0 saturated carbocycles. The molecular weight excluding hydrogens is 192 g/mol. The normalized spacial score (nSPS) is 16.3. The van der Waals surface area contributed by atoms with Gasteiger partial charge in [0.15, 0.2) is 0 Å². The highest BCUT2D eigenvalue weighted by atomic mass is 16.6. The highest BCUT2D eigenvalue weighted by Crippen LogP contribution is 2.26. The maximum absolute atomic E-state index is 11.5. The lowest BCUT2D eigenvalue weighted by Gasteiger charge is -2.27. The van der Waals surface area contributed by atoms with Crippen molar-refractivity contribution in [1.82, 2.24) is 0 Å². The Morgan fingerprint density at radius 3 is 3.00 bits per heavy atom. The van der Waals surface area contributed by atoms with E-state index in [4.69, 9.17) is 10.5 Å². The molecule has 1 aromatic rings. The number of ether oxygens (including phenoxy) is 1. The molecular formula is C11H14N2O2. The number of hydrogen-bond donors (Lipinski definition) is 1. The van der Waals surface area contributed by atoms with E-state index in [1.165, 1.54) is 0 Å². The molecule has 1 saturated heterocycles. The Morgan fingerprint density at radius 1 is 1.47 bits per heavy atom. The van der Waals surface area contributed by atoms with Gasteiger partial charge in [0, 0.05) is 12.2 Å². The van der Waals surface area contributed by atoms with Crippen LogP contribution in [-0.4, -0.2) is 19.2 Å². The van der Waals surface area contributed by atoms with Crippen molar-refractivity contribution >= 4 is 17.5 Å². The zero-order valence-corrected chi connectivity index (χ0v) is 8.69. The predicted octanol–water partition coefficient (Wildman–Crippen LogP) is 1.92. The molecule has 1 aliphatic rings. The fourth-order valence-electron chi connectivity index (χ4n) is 1.70. The van der Waals surface area contributed by atoms with Gasteiger partial charge in [-0.15, -0.1) is 0 Å². The summed E-state index contributed by atoms with van der Waals surface area (Å²) in [6, 6.07) is 5.56. The number of amides is 1. The first-order valence-corrected chi connectivity index (χ1v) is 4.99. The van der Waals surface area contributed by atoms with Crippen molar-refractivity contribution in [3.8, 4) is 0 Å². The van der Waals surface area contributed by atoms with Gasteiger partial charge in [0.25, 0.3) is 0 Å². The molecule has 0 unspecified atom stereocenters. The van der Waals surface area contributed by atoms with Crippen LogP contribution in [-0.2, 0) is 4.74 Å². The zero-order chi connectivity index (χ0) is 10.8. The van der Waals surface area contributed by atoms with Crippen LogP contribution in [0.25, 0.3) is 0 Å². The molecule has 0 radical (unpaired) electrons. The van der Waals surface area contributed by atoms with Gasteiger partial charge >= 0.3 is 6.09 Å². The largest absolute Gasteiger partial charge is 0.449 e. The standard InChI is InChI=1S/C11H14N2O2/c1-8-9(12)4-2-5-10(8)13-6-3-7-15-11(13)14/h2,4-5H,3,6-7,12H2,1H3. The fraction of sp³-hybridized carbons (Fsp3) is 0.364. The van der Waals surface area contributed by atoms with E-state index >= 15 is 0 Å². The molecule has 0 spiro atoms. The number of carbonyl (C=O) groups excluding carboxylic acids is 1. The molecule has 2 rings (SSSR count). The number of nitrogen functional groups attached to an aromatic ring is 1. The molecule has 0 atom stereocenters. The summed E-state index contributed by atoms with van der Waals surface area (Å²) in [5.74, 6) is 0. The summed E-state index contributed by atoms with van der Waals surface area (Å²) in [6.07, 6.45) is 0.579. The second-order valence-corrected chi connectivity index (χ2v) is 3.61. The third-order valence-corrected chi connectivity index (χ3v) is 2.61. The second-order valence-electron chi connectivity index (χ2n) is 3.61. The monoisotopic (exact) mass is 206 g/mol. The lowest BCUT2D eigenvalue weighted by atomic mass is 10.1. The van der Waals surface area contributed by atoms with Crippen LogP contribution in [0.4, 0.5) is 16.2 Å². The predicted molar refractivity (Wildman–Crippen MR) is 58.9 cm³/mol. The molecule has 4 nitrogen and oxygen atoms in total. The molecule has 1 amide bonds. The van der Waals surface area contributed by atoms with Crippen LogP contribution in [0.5, 0.6) is 0 Å². The third-order valence-electron chi connectivity index (χ3n) is 2.61. The van der Waals surface area contributed by atoms with E-state index in [0.29, 0.717) is 18.8 Å². The van der Waals surface area contributed by atoms with E-state index in [9.17, 15) is 4.79 Å². The lowest BCUT2D eigenvalue weighted by molar-refractivity contribution is 0.140. The van der Waals surface area contributed by atoms with Gasteiger partial charge < -0.3 is 10.5 Å². The third kappa shape index (κ3) is 1.75. The van der Waals surface area contributed by atoms with Crippen molar-refractivity contribution in [2.24, 2.45) is 0 Å². The maximum atomic E-state index is 11.5. The number of nitrogens with two attached hydrogens (primary N) is 1. The number of carbonyl (C=O) groups is 1. The maximum Gasteiger partial charge on any atom is 0.414 e. The number of benzene rings is 1. The summed E-state index contributed by atoms with van der Waals surface area (Å²) in [4.78, 5) is 13.2. The zero-order valence-electron chi connectivity index (χ0n) is 8.69. The van der Waals surface area contributed by atoms with E-state index in [1.807, 2.05) is 25.1 Å². The van der Waals surface area contributed by atoms with Gasteiger partial charge in [-0.3, -0.25) is 4.90 Å². The molecule has 0 bridgehead atoms. The van der Waals surface area contributed by atoms with Crippen LogP contribution in [0, 0.1) is 6.92 Å². The van der Waals surface area contributed by atoms with Gasteiger partial charge in [0.05, 0.1) is 12.3 Å². The van der Waals surface area contributed by atoms with Crippen molar-refractivity contribution in [3.05, 3.63) is 23.8 Å². The smallest absolute Gasteiger partial charge is 0.414 e. The van der Waals surface area contributed by atoms with Gasteiger partial charge in [0.2, 0.25) is 0 Å². The van der Waals surface area contributed by atoms with Crippen molar-refractivity contribution in [2.45, 2.75) is 13.3 Å². The Hall–Kier alpha value is -1.71. The summed E-state index contributed by atoms with van der Waals surface area (Å²) < 4.78 is 4.99. The van der Waals surface area contributed by atoms with Crippen molar-refractivity contribution in [1.29, 1.82) is 0 Å². The molecule has 0 aliphatic carbocycles. The van der Waals surface area contributed by atoms with Gasteiger partial charge in [-0.05, 0) is 31.0 Å². The van der Waals surface area contributed by atoms with Crippen molar-refractivity contribution in [3.63, 3.8) is 0 Å². The Bertz CT molecular complexity index is 390. The Kier molecular flexibility index (Phi) is 2.49. The highest BCUT2D eigenvalue weighted by molar-refractivity contribution is 5.90. The molecule has 0 aromatic heterocycles. The second kappa shape index (κ2) is 3.81. The number of nitrogens with zero attached hydrogens (tertiary/aromatic N) is 1. The Morgan fingerprint density at radius 2 is 2.27 bits per heavy atom. The minimum absolute atomic E-state index is 0.282.